The van der Waals surface area contributed by atoms with Crippen molar-refractivity contribution in [1.29, 1.82) is 0 Å². The summed E-state index contributed by atoms with van der Waals surface area (Å²) in [4.78, 5) is 22.6. The van der Waals surface area contributed by atoms with Crippen molar-refractivity contribution in [1.82, 2.24) is 0 Å². The van der Waals surface area contributed by atoms with Crippen molar-refractivity contribution in [2.24, 2.45) is 0 Å². The molecule has 0 aliphatic carbocycles. The lowest BCUT2D eigenvalue weighted by Gasteiger charge is -2.07. The molecule has 0 amide bonds. The molecule has 1 rings (SSSR count). The minimum absolute atomic E-state index is 0.0881. The summed E-state index contributed by atoms with van der Waals surface area (Å²) >= 11 is 5.60. The number of hydrogen-bond donors (Lipinski definition) is 1. The van der Waals surface area contributed by atoms with E-state index in [0.29, 0.717) is 12.3 Å². The number of aromatic carboxylic acids is 1. The Hall–Kier alpha value is -1.55. The quantitative estimate of drug-likeness (QED) is 0.638. The van der Waals surface area contributed by atoms with Crippen molar-refractivity contribution in [3.05, 3.63) is 34.9 Å². The second kappa shape index (κ2) is 7.01. The van der Waals surface area contributed by atoms with E-state index in [1.807, 2.05) is 0 Å². The first-order valence-corrected chi connectivity index (χ1v) is 6.22. The molecule has 18 heavy (non-hydrogen) atoms. The maximum atomic E-state index is 11.6. The number of alkyl halides is 1. The van der Waals surface area contributed by atoms with Gasteiger partial charge < -0.3 is 9.84 Å². The normalized spacial score (nSPS) is 10.1. The van der Waals surface area contributed by atoms with Gasteiger partial charge in [-0.15, -0.1) is 11.6 Å². The van der Waals surface area contributed by atoms with Crippen LogP contribution in [0.25, 0.3) is 0 Å². The third-order valence-electron chi connectivity index (χ3n) is 2.35. The first-order chi connectivity index (χ1) is 8.58. The highest BCUT2D eigenvalue weighted by atomic mass is 35.5. The number of carboxylic acids is 1. The molecule has 4 nitrogen and oxygen atoms in total. The van der Waals surface area contributed by atoms with Crippen LogP contribution in [0.5, 0.6) is 0 Å². The van der Waals surface area contributed by atoms with Gasteiger partial charge in [-0.3, -0.25) is 0 Å². The van der Waals surface area contributed by atoms with E-state index in [2.05, 4.69) is 0 Å². The Morgan fingerprint density at radius 2 is 1.94 bits per heavy atom. The van der Waals surface area contributed by atoms with Crippen LogP contribution >= 0.6 is 11.6 Å². The van der Waals surface area contributed by atoms with E-state index in [-0.39, 0.29) is 17.7 Å². The Bertz CT molecular complexity index is 443. The van der Waals surface area contributed by atoms with Crippen molar-refractivity contribution in [3.63, 3.8) is 0 Å². The Kier molecular flexibility index (Phi) is 5.65. The number of carboxylic acid groups (broad SMARTS) is 1. The summed E-state index contributed by atoms with van der Waals surface area (Å²) in [5, 5.41) is 8.99. The summed E-state index contributed by atoms with van der Waals surface area (Å²) in [6, 6.07) is 4.53. The van der Waals surface area contributed by atoms with Crippen LogP contribution in [0, 0.1) is 0 Å². The van der Waals surface area contributed by atoms with Gasteiger partial charge in [0, 0.05) is 5.88 Å². The SMILES string of the molecule is CCOC(=O)c1cc(CCCCl)cc(C(=O)O)c1. The highest BCUT2D eigenvalue weighted by Crippen LogP contribution is 2.14. The number of aryl methyl sites for hydroxylation is 1. The third-order valence-corrected chi connectivity index (χ3v) is 2.62. The van der Waals surface area contributed by atoms with Crippen LogP contribution in [0.3, 0.4) is 0 Å². The molecule has 0 fully saturated rings. The highest BCUT2D eigenvalue weighted by molar-refractivity contribution is 6.17. The van der Waals surface area contributed by atoms with Crippen LogP contribution in [-0.2, 0) is 11.2 Å². The molecule has 0 saturated carbocycles. The molecule has 0 bridgehead atoms. The number of ether oxygens (including phenoxy) is 1. The number of esters is 1. The molecule has 0 heterocycles. The van der Waals surface area contributed by atoms with E-state index < -0.39 is 11.9 Å². The molecule has 0 unspecified atom stereocenters. The van der Waals surface area contributed by atoms with E-state index in [4.69, 9.17) is 21.4 Å². The van der Waals surface area contributed by atoms with Crippen molar-refractivity contribution >= 4 is 23.5 Å². The monoisotopic (exact) mass is 270 g/mol. The fourth-order valence-electron chi connectivity index (χ4n) is 1.56. The minimum Gasteiger partial charge on any atom is -0.478 e. The Labute approximate surface area is 111 Å². The first kappa shape index (κ1) is 14.5. The van der Waals surface area contributed by atoms with Crippen LogP contribution in [0.1, 0.15) is 39.6 Å². The number of carbonyl (C=O) groups excluding carboxylic acids is 1. The molecule has 0 spiro atoms. The maximum absolute atomic E-state index is 11.6. The van der Waals surface area contributed by atoms with E-state index >= 15 is 0 Å². The summed E-state index contributed by atoms with van der Waals surface area (Å²) in [5.74, 6) is -1.08. The predicted molar refractivity (Wildman–Crippen MR) is 68.4 cm³/mol. The zero-order chi connectivity index (χ0) is 13.5. The molecule has 1 N–H and O–H groups in total. The molecule has 98 valence electrons. The lowest BCUT2D eigenvalue weighted by Crippen LogP contribution is -2.08. The van der Waals surface area contributed by atoms with Gasteiger partial charge >= 0.3 is 11.9 Å². The minimum atomic E-state index is -1.06. The fourth-order valence-corrected chi connectivity index (χ4v) is 1.70. The molecule has 0 atom stereocenters. The molecule has 0 radical (unpaired) electrons. The summed E-state index contributed by atoms with van der Waals surface area (Å²) in [6.45, 7) is 1.96. The lowest BCUT2D eigenvalue weighted by molar-refractivity contribution is 0.0526. The van der Waals surface area contributed by atoms with Gasteiger partial charge in [-0.05, 0) is 43.5 Å². The van der Waals surface area contributed by atoms with E-state index in [1.54, 1.807) is 19.1 Å². The number of hydrogen-bond acceptors (Lipinski definition) is 3. The van der Waals surface area contributed by atoms with Crippen LogP contribution in [0.2, 0.25) is 0 Å². The molecule has 0 saturated heterocycles. The molecular weight excluding hydrogens is 256 g/mol. The van der Waals surface area contributed by atoms with Crippen LogP contribution in [0.4, 0.5) is 0 Å². The average Bonchev–Trinajstić information content (AvgIpc) is 2.36. The van der Waals surface area contributed by atoms with Crippen molar-refractivity contribution in [2.45, 2.75) is 19.8 Å². The number of carbonyl (C=O) groups is 2. The van der Waals surface area contributed by atoms with Crippen LogP contribution < -0.4 is 0 Å². The number of rotatable bonds is 6. The zero-order valence-corrected chi connectivity index (χ0v) is 10.9. The summed E-state index contributed by atoms with van der Waals surface area (Å²) in [6.07, 6.45) is 1.36. The van der Waals surface area contributed by atoms with Crippen molar-refractivity contribution in [3.8, 4) is 0 Å². The standard InChI is InChI=1S/C13H15ClO4/c1-2-18-13(17)11-7-9(4-3-5-14)6-10(8-11)12(15)16/h6-8H,2-5H2,1H3,(H,15,16). The molecule has 1 aromatic rings. The Morgan fingerprint density at radius 3 is 2.50 bits per heavy atom. The van der Waals surface area contributed by atoms with Crippen molar-refractivity contribution < 1.29 is 19.4 Å². The van der Waals surface area contributed by atoms with E-state index in [9.17, 15) is 9.59 Å². The molecule has 0 aromatic heterocycles. The average molecular weight is 271 g/mol. The molecule has 0 aliphatic heterocycles. The molecular formula is C13H15ClO4. The van der Waals surface area contributed by atoms with Gasteiger partial charge in [-0.1, -0.05) is 0 Å². The van der Waals surface area contributed by atoms with Gasteiger partial charge in [0.2, 0.25) is 0 Å². The Morgan fingerprint density at radius 1 is 1.28 bits per heavy atom. The van der Waals surface area contributed by atoms with Gasteiger partial charge in [-0.25, -0.2) is 9.59 Å². The lowest BCUT2D eigenvalue weighted by atomic mass is 10.0. The van der Waals surface area contributed by atoms with Crippen LogP contribution in [0.15, 0.2) is 18.2 Å². The number of halogens is 1. The second-order valence-corrected chi connectivity index (χ2v) is 4.11. The fraction of sp³-hybridized carbons (Fsp3) is 0.385. The third kappa shape index (κ3) is 4.04. The second-order valence-electron chi connectivity index (χ2n) is 3.74. The van der Waals surface area contributed by atoms with Gasteiger partial charge in [0.25, 0.3) is 0 Å². The van der Waals surface area contributed by atoms with Gasteiger partial charge in [-0.2, -0.15) is 0 Å². The summed E-state index contributed by atoms with van der Waals surface area (Å²) in [5.41, 5.74) is 1.13. The Balaban J connectivity index is 3.05. The predicted octanol–water partition coefficient (Wildman–Crippen LogP) is 2.73. The van der Waals surface area contributed by atoms with Crippen molar-refractivity contribution in [2.75, 3.05) is 12.5 Å². The summed E-state index contributed by atoms with van der Waals surface area (Å²) < 4.78 is 4.86. The largest absolute Gasteiger partial charge is 0.478 e. The smallest absolute Gasteiger partial charge is 0.338 e. The van der Waals surface area contributed by atoms with Crippen LogP contribution in [-0.4, -0.2) is 29.5 Å². The molecule has 5 heteroatoms. The zero-order valence-electron chi connectivity index (χ0n) is 10.1. The summed E-state index contributed by atoms with van der Waals surface area (Å²) in [7, 11) is 0. The van der Waals surface area contributed by atoms with Gasteiger partial charge in [0.15, 0.2) is 0 Å². The van der Waals surface area contributed by atoms with E-state index in [0.717, 1.165) is 12.0 Å². The van der Waals surface area contributed by atoms with Gasteiger partial charge in [0.05, 0.1) is 17.7 Å². The van der Waals surface area contributed by atoms with Gasteiger partial charge in [0.1, 0.15) is 0 Å². The first-order valence-electron chi connectivity index (χ1n) is 5.68. The highest BCUT2D eigenvalue weighted by Gasteiger charge is 2.12. The maximum Gasteiger partial charge on any atom is 0.338 e. The van der Waals surface area contributed by atoms with E-state index in [1.165, 1.54) is 6.07 Å². The molecule has 1 aromatic carbocycles. The topological polar surface area (TPSA) is 63.6 Å². The molecule has 0 aliphatic rings. The number of benzene rings is 1.